The summed E-state index contributed by atoms with van der Waals surface area (Å²) in [4.78, 5) is 13.8. The number of carbonyl (C=O) groups excluding carboxylic acids is 1. The van der Waals surface area contributed by atoms with E-state index in [4.69, 9.17) is 10.00 Å². The van der Waals surface area contributed by atoms with E-state index >= 15 is 0 Å². The molecule has 0 spiro atoms. The summed E-state index contributed by atoms with van der Waals surface area (Å²) in [5.41, 5.74) is 0.986. The molecule has 0 N–H and O–H groups in total. The van der Waals surface area contributed by atoms with Crippen LogP contribution in [0.25, 0.3) is 0 Å². The number of rotatable bonds is 5. The average molecular weight is 272 g/mol. The summed E-state index contributed by atoms with van der Waals surface area (Å²) in [5.74, 6) is 1.17. The van der Waals surface area contributed by atoms with Gasteiger partial charge < -0.3 is 9.64 Å². The topological polar surface area (TPSA) is 53.3 Å². The molecule has 1 amide bonds. The van der Waals surface area contributed by atoms with Crippen LogP contribution in [0.4, 0.5) is 0 Å². The molecule has 1 saturated heterocycles. The third-order valence-electron chi connectivity index (χ3n) is 3.63. The first kappa shape index (κ1) is 14.4. The van der Waals surface area contributed by atoms with Gasteiger partial charge in [-0.05, 0) is 30.5 Å². The van der Waals surface area contributed by atoms with Crippen molar-refractivity contribution in [1.82, 2.24) is 4.90 Å². The molecule has 2 rings (SSSR count). The van der Waals surface area contributed by atoms with Gasteiger partial charge in [0.05, 0.1) is 19.0 Å². The van der Waals surface area contributed by atoms with Gasteiger partial charge in [-0.25, -0.2) is 0 Å². The van der Waals surface area contributed by atoms with E-state index in [1.807, 2.05) is 36.1 Å². The fourth-order valence-corrected chi connectivity index (χ4v) is 2.42. The van der Waals surface area contributed by atoms with E-state index < -0.39 is 0 Å². The number of piperidine rings is 1. The summed E-state index contributed by atoms with van der Waals surface area (Å²) < 4.78 is 5.65. The van der Waals surface area contributed by atoms with Crippen molar-refractivity contribution >= 4 is 5.91 Å². The van der Waals surface area contributed by atoms with Gasteiger partial charge in [0.25, 0.3) is 0 Å². The number of ether oxygens (including phenoxy) is 1. The van der Waals surface area contributed by atoms with Crippen molar-refractivity contribution in [3.63, 3.8) is 0 Å². The summed E-state index contributed by atoms with van der Waals surface area (Å²) in [7, 11) is 0. The van der Waals surface area contributed by atoms with Crippen LogP contribution in [0.2, 0.25) is 0 Å². The Bertz CT molecular complexity index is 490. The zero-order valence-corrected chi connectivity index (χ0v) is 11.8. The molecule has 0 saturated carbocycles. The van der Waals surface area contributed by atoms with Crippen LogP contribution in [-0.2, 0) is 11.2 Å². The van der Waals surface area contributed by atoms with Gasteiger partial charge in [-0.1, -0.05) is 19.1 Å². The van der Waals surface area contributed by atoms with Crippen LogP contribution >= 0.6 is 0 Å². The van der Waals surface area contributed by atoms with Gasteiger partial charge in [0, 0.05) is 12.5 Å². The quantitative estimate of drug-likeness (QED) is 0.827. The van der Waals surface area contributed by atoms with Crippen LogP contribution < -0.4 is 4.74 Å². The number of benzene rings is 1. The van der Waals surface area contributed by atoms with Crippen LogP contribution in [0.5, 0.6) is 5.75 Å². The number of nitrogens with zero attached hydrogens (tertiary/aromatic N) is 2. The summed E-state index contributed by atoms with van der Waals surface area (Å²) in [5, 5.41) is 8.60. The zero-order chi connectivity index (χ0) is 14.4. The molecule has 1 unspecified atom stereocenters. The zero-order valence-electron chi connectivity index (χ0n) is 11.8. The maximum absolute atomic E-state index is 11.9. The number of nitriles is 1. The lowest BCUT2D eigenvalue weighted by Gasteiger charge is -2.30. The summed E-state index contributed by atoms with van der Waals surface area (Å²) in [6, 6.07) is 9.64. The Kier molecular flexibility index (Phi) is 5.00. The molecule has 0 bridgehead atoms. The largest absolute Gasteiger partial charge is 0.492 e. The van der Waals surface area contributed by atoms with Gasteiger partial charge in [0.2, 0.25) is 5.91 Å². The molecule has 4 heteroatoms. The Balaban J connectivity index is 1.78. The second kappa shape index (κ2) is 6.95. The van der Waals surface area contributed by atoms with Gasteiger partial charge >= 0.3 is 0 Å². The number of hydrogen-bond donors (Lipinski definition) is 0. The lowest BCUT2D eigenvalue weighted by molar-refractivity contribution is -0.138. The lowest BCUT2D eigenvalue weighted by Crippen LogP contribution is -2.42. The fourth-order valence-electron chi connectivity index (χ4n) is 2.42. The number of carbonyl (C=O) groups is 1. The Morgan fingerprint density at radius 2 is 2.15 bits per heavy atom. The van der Waals surface area contributed by atoms with Crippen LogP contribution in [0.1, 0.15) is 25.3 Å². The number of amides is 1. The van der Waals surface area contributed by atoms with Gasteiger partial charge in [-0.15, -0.1) is 0 Å². The van der Waals surface area contributed by atoms with Crippen molar-refractivity contribution in [3.05, 3.63) is 29.8 Å². The molecule has 1 heterocycles. The third kappa shape index (κ3) is 3.74. The molecular formula is C16H20N2O2. The van der Waals surface area contributed by atoms with Crippen LogP contribution in [0.15, 0.2) is 24.3 Å². The molecule has 1 aromatic rings. The molecule has 1 atom stereocenters. The van der Waals surface area contributed by atoms with E-state index in [-0.39, 0.29) is 11.8 Å². The monoisotopic (exact) mass is 272 g/mol. The Morgan fingerprint density at radius 1 is 1.40 bits per heavy atom. The lowest BCUT2D eigenvalue weighted by atomic mass is 9.99. The molecule has 0 radical (unpaired) electrons. The van der Waals surface area contributed by atoms with Crippen molar-refractivity contribution in [2.24, 2.45) is 5.92 Å². The Morgan fingerprint density at radius 3 is 2.85 bits per heavy atom. The highest BCUT2D eigenvalue weighted by Crippen LogP contribution is 2.17. The first-order valence-electron chi connectivity index (χ1n) is 7.08. The van der Waals surface area contributed by atoms with Crippen molar-refractivity contribution < 1.29 is 9.53 Å². The highest BCUT2D eigenvalue weighted by atomic mass is 16.5. The SMILES string of the molecule is CC1CCCN(CCOc2ccc(CC#N)cc2)C1=O. The van der Waals surface area contributed by atoms with E-state index in [0.29, 0.717) is 19.6 Å². The van der Waals surface area contributed by atoms with Crippen LogP contribution in [-0.4, -0.2) is 30.5 Å². The molecule has 1 aliphatic rings. The summed E-state index contributed by atoms with van der Waals surface area (Å²) in [6.07, 6.45) is 2.49. The molecule has 1 aromatic carbocycles. The molecule has 4 nitrogen and oxygen atoms in total. The molecule has 0 aromatic heterocycles. The number of hydrogen-bond acceptors (Lipinski definition) is 3. The summed E-state index contributed by atoms with van der Waals surface area (Å²) in [6.45, 7) is 3.98. The van der Waals surface area contributed by atoms with E-state index in [2.05, 4.69) is 6.07 Å². The van der Waals surface area contributed by atoms with Crippen LogP contribution in [0.3, 0.4) is 0 Å². The standard InChI is InChI=1S/C16H20N2O2/c1-13-3-2-10-18(16(13)19)11-12-20-15-6-4-14(5-7-15)8-9-17/h4-7,13H,2-3,8,10-12H2,1H3. The molecule has 1 fully saturated rings. The van der Waals surface area contributed by atoms with E-state index in [0.717, 1.165) is 30.7 Å². The minimum Gasteiger partial charge on any atom is -0.492 e. The predicted molar refractivity (Wildman–Crippen MR) is 76.2 cm³/mol. The van der Waals surface area contributed by atoms with Gasteiger partial charge in [0.1, 0.15) is 12.4 Å². The van der Waals surface area contributed by atoms with Crippen molar-refractivity contribution in [2.45, 2.75) is 26.2 Å². The second-order valence-corrected chi connectivity index (χ2v) is 5.20. The van der Waals surface area contributed by atoms with Crippen LogP contribution in [0, 0.1) is 17.2 Å². The Labute approximate surface area is 120 Å². The maximum atomic E-state index is 11.9. The first-order chi connectivity index (χ1) is 9.70. The van der Waals surface area contributed by atoms with E-state index in [1.165, 1.54) is 0 Å². The minimum absolute atomic E-state index is 0.147. The highest BCUT2D eigenvalue weighted by Gasteiger charge is 2.24. The normalized spacial score (nSPS) is 18.7. The maximum Gasteiger partial charge on any atom is 0.225 e. The summed E-state index contributed by atoms with van der Waals surface area (Å²) >= 11 is 0. The molecule has 1 aliphatic heterocycles. The average Bonchev–Trinajstić information content (AvgIpc) is 2.46. The van der Waals surface area contributed by atoms with Gasteiger partial charge in [0.15, 0.2) is 0 Å². The van der Waals surface area contributed by atoms with Gasteiger partial charge in [-0.3, -0.25) is 4.79 Å². The highest BCUT2D eigenvalue weighted by molar-refractivity contribution is 5.79. The van der Waals surface area contributed by atoms with Crippen molar-refractivity contribution in [2.75, 3.05) is 19.7 Å². The minimum atomic E-state index is 0.147. The molecule has 0 aliphatic carbocycles. The molecular weight excluding hydrogens is 252 g/mol. The molecule has 106 valence electrons. The van der Waals surface area contributed by atoms with E-state index in [1.54, 1.807) is 0 Å². The van der Waals surface area contributed by atoms with E-state index in [9.17, 15) is 4.79 Å². The van der Waals surface area contributed by atoms with Crippen molar-refractivity contribution in [1.29, 1.82) is 5.26 Å². The first-order valence-corrected chi connectivity index (χ1v) is 7.08. The van der Waals surface area contributed by atoms with Gasteiger partial charge in [-0.2, -0.15) is 5.26 Å². The molecule has 20 heavy (non-hydrogen) atoms. The predicted octanol–water partition coefficient (Wildman–Crippen LogP) is 2.39. The third-order valence-corrected chi connectivity index (χ3v) is 3.63. The smallest absolute Gasteiger partial charge is 0.225 e. The Hall–Kier alpha value is -2.02. The van der Waals surface area contributed by atoms with Crippen molar-refractivity contribution in [3.8, 4) is 11.8 Å². The number of likely N-dealkylation sites (tertiary alicyclic amines) is 1. The second-order valence-electron chi connectivity index (χ2n) is 5.20. The fraction of sp³-hybridized carbons (Fsp3) is 0.500.